The summed E-state index contributed by atoms with van der Waals surface area (Å²) in [6.45, 7) is 4.88. The first kappa shape index (κ1) is 31.0. The van der Waals surface area contributed by atoms with Gasteiger partial charge in [-0.3, -0.25) is 9.59 Å². The first-order valence-electron chi connectivity index (χ1n) is 14.3. The van der Waals surface area contributed by atoms with E-state index < -0.39 is 23.5 Å². The largest absolute Gasteiger partial charge is 0.421 e. The van der Waals surface area contributed by atoms with E-state index in [1.54, 1.807) is 24.3 Å². The number of hydrogen-bond acceptors (Lipinski definition) is 7. The molecular weight excluding hydrogens is 583 g/mol. The Bertz CT molecular complexity index is 1680. The highest BCUT2D eigenvalue weighted by Gasteiger charge is 2.35. The van der Waals surface area contributed by atoms with Crippen molar-refractivity contribution in [3.8, 4) is 0 Å². The van der Waals surface area contributed by atoms with Gasteiger partial charge in [0.2, 0.25) is 11.9 Å². The molecule has 0 radical (unpaired) electrons. The predicted octanol–water partition coefficient (Wildman–Crippen LogP) is 6.80. The summed E-state index contributed by atoms with van der Waals surface area (Å²) in [7, 11) is 1.44. The molecule has 5 rings (SSSR count). The lowest BCUT2D eigenvalue weighted by Crippen LogP contribution is -2.28. The molecule has 1 aliphatic rings. The zero-order chi connectivity index (χ0) is 32.0. The van der Waals surface area contributed by atoms with Gasteiger partial charge < -0.3 is 26.2 Å². The third-order valence-corrected chi connectivity index (χ3v) is 7.46. The lowest BCUT2D eigenvalue weighted by atomic mass is 10.0. The molecule has 1 aromatic heterocycles. The van der Waals surface area contributed by atoms with Crippen molar-refractivity contribution in [2.45, 2.75) is 31.6 Å². The van der Waals surface area contributed by atoms with Crippen LogP contribution in [0.4, 0.5) is 42.0 Å². The number of nitrogens with one attached hydrogen (secondary N) is 4. The van der Waals surface area contributed by atoms with Gasteiger partial charge in [-0.2, -0.15) is 18.2 Å². The number of nitrogens with zero attached hydrogens (tertiary/aromatic N) is 3. The van der Waals surface area contributed by atoms with E-state index in [9.17, 15) is 22.8 Å². The highest BCUT2D eigenvalue weighted by molar-refractivity contribution is 6.00. The van der Waals surface area contributed by atoms with Crippen molar-refractivity contribution in [1.82, 2.24) is 20.2 Å². The molecule has 0 saturated carbocycles. The third kappa shape index (κ3) is 7.40. The molecule has 4 N–H and O–H groups in total. The molecule has 2 amide bonds. The van der Waals surface area contributed by atoms with Gasteiger partial charge >= 0.3 is 6.18 Å². The number of alkyl halides is 3. The van der Waals surface area contributed by atoms with E-state index in [0.29, 0.717) is 18.4 Å². The summed E-state index contributed by atoms with van der Waals surface area (Å²) in [5, 5.41) is 11.5. The topological polar surface area (TPSA) is 111 Å². The Hall–Kier alpha value is -5.39. The first-order valence-corrected chi connectivity index (χ1v) is 14.3. The summed E-state index contributed by atoms with van der Waals surface area (Å²) in [5.41, 5.74) is 2.84. The molecule has 0 aliphatic carbocycles. The van der Waals surface area contributed by atoms with E-state index in [4.69, 9.17) is 0 Å². The third-order valence-electron chi connectivity index (χ3n) is 7.46. The molecule has 1 aliphatic heterocycles. The average molecular weight is 616 g/mol. The number of amides is 2. The van der Waals surface area contributed by atoms with Crippen LogP contribution in [0.3, 0.4) is 0 Å². The molecule has 12 heteroatoms. The van der Waals surface area contributed by atoms with E-state index in [0.717, 1.165) is 36.2 Å². The minimum atomic E-state index is -4.72. The van der Waals surface area contributed by atoms with Crippen LogP contribution in [0.2, 0.25) is 0 Å². The number of benzene rings is 3. The van der Waals surface area contributed by atoms with Crippen molar-refractivity contribution in [2.75, 3.05) is 29.5 Å². The molecule has 9 nitrogen and oxygen atoms in total. The fourth-order valence-electron chi connectivity index (χ4n) is 5.15. The second kappa shape index (κ2) is 13.5. The average Bonchev–Trinajstić information content (AvgIpc) is 3.54. The second-order valence-electron chi connectivity index (χ2n) is 10.4. The van der Waals surface area contributed by atoms with Crippen molar-refractivity contribution in [1.29, 1.82) is 0 Å². The number of carbonyl (C=O) groups is 2. The van der Waals surface area contributed by atoms with Gasteiger partial charge in [-0.15, -0.1) is 0 Å². The van der Waals surface area contributed by atoms with Gasteiger partial charge in [0.1, 0.15) is 11.4 Å². The van der Waals surface area contributed by atoms with Crippen LogP contribution in [-0.4, -0.2) is 40.3 Å². The molecule has 232 valence electrons. The van der Waals surface area contributed by atoms with Crippen LogP contribution in [-0.2, 0) is 17.5 Å². The number of carbonyl (C=O) groups excluding carboxylic acids is 2. The molecular formula is C33H32F3N7O2. The lowest BCUT2D eigenvalue weighted by molar-refractivity contribution is -0.137. The molecule has 2 heterocycles. The van der Waals surface area contributed by atoms with Crippen LogP contribution in [0, 0.1) is 0 Å². The summed E-state index contributed by atoms with van der Waals surface area (Å²) in [5.74, 6) is -1.05. The van der Waals surface area contributed by atoms with Crippen molar-refractivity contribution < 1.29 is 22.8 Å². The Labute approximate surface area is 258 Å². The van der Waals surface area contributed by atoms with Crippen molar-refractivity contribution in [3.05, 3.63) is 114 Å². The fourth-order valence-corrected chi connectivity index (χ4v) is 5.15. The van der Waals surface area contributed by atoms with Gasteiger partial charge in [0, 0.05) is 37.7 Å². The summed E-state index contributed by atoms with van der Waals surface area (Å²) >= 11 is 0. The van der Waals surface area contributed by atoms with Crippen molar-refractivity contribution in [3.63, 3.8) is 0 Å². The van der Waals surface area contributed by atoms with E-state index in [1.807, 2.05) is 41.3 Å². The summed E-state index contributed by atoms with van der Waals surface area (Å²) in [6.07, 6.45) is -0.777. The summed E-state index contributed by atoms with van der Waals surface area (Å²) in [6, 6.07) is 21.6. The highest BCUT2D eigenvalue weighted by Crippen LogP contribution is 2.36. The maximum Gasteiger partial charge on any atom is 0.421 e. The van der Waals surface area contributed by atoms with Gasteiger partial charge in [-0.05, 0) is 66.4 Å². The Morgan fingerprint density at radius 1 is 1.00 bits per heavy atom. The zero-order valence-electron chi connectivity index (χ0n) is 24.5. The van der Waals surface area contributed by atoms with Gasteiger partial charge in [0.05, 0.1) is 17.3 Å². The predicted molar refractivity (Wildman–Crippen MR) is 168 cm³/mol. The Morgan fingerprint density at radius 2 is 1.71 bits per heavy atom. The lowest BCUT2D eigenvalue weighted by Gasteiger charge is -2.24. The number of rotatable bonds is 10. The van der Waals surface area contributed by atoms with Crippen LogP contribution in [0.5, 0.6) is 0 Å². The molecule has 3 aromatic carbocycles. The Balaban J connectivity index is 1.24. The van der Waals surface area contributed by atoms with E-state index in [1.165, 1.54) is 25.3 Å². The minimum Gasteiger partial charge on any atom is -0.381 e. The van der Waals surface area contributed by atoms with Crippen LogP contribution in [0.25, 0.3) is 0 Å². The number of halogens is 3. The maximum absolute atomic E-state index is 13.8. The molecule has 1 saturated heterocycles. The number of aromatic nitrogens is 2. The number of para-hydroxylation sites is 1. The standard InChI is InChI=1S/C33H32F3N7O2/c1-3-29(44)43-18-6-9-28(43)22-12-16-23(17-13-22)38-19-21-10-14-24(15-11-21)40-32-39-20-26(33(34,35)36)30(42-32)41-27-8-5-4-7-25(27)31(45)37-2/h3-5,7-8,10-17,20,28,38H,1,6,9,18-19H2,2H3,(H,37,45)(H2,39,40,41,42). The number of anilines is 5. The van der Waals surface area contributed by atoms with Crippen LogP contribution >= 0.6 is 0 Å². The normalized spacial score (nSPS) is 14.5. The Morgan fingerprint density at radius 3 is 2.40 bits per heavy atom. The van der Waals surface area contributed by atoms with Gasteiger partial charge in [-0.1, -0.05) is 43.0 Å². The van der Waals surface area contributed by atoms with E-state index >= 15 is 0 Å². The smallest absolute Gasteiger partial charge is 0.381 e. The monoisotopic (exact) mass is 615 g/mol. The molecule has 1 atom stereocenters. The summed E-state index contributed by atoms with van der Waals surface area (Å²) in [4.78, 5) is 34.2. The maximum atomic E-state index is 13.8. The van der Waals surface area contributed by atoms with Crippen LogP contribution in [0.15, 0.2) is 91.6 Å². The minimum absolute atomic E-state index is 0.0514. The van der Waals surface area contributed by atoms with Crippen molar-refractivity contribution >= 4 is 40.6 Å². The van der Waals surface area contributed by atoms with Crippen LogP contribution < -0.4 is 21.3 Å². The fraction of sp³-hybridized carbons (Fsp3) is 0.212. The van der Waals surface area contributed by atoms with Crippen molar-refractivity contribution in [2.24, 2.45) is 0 Å². The van der Waals surface area contributed by atoms with Gasteiger partial charge in [-0.25, -0.2) is 4.98 Å². The highest BCUT2D eigenvalue weighted by atomic mass is 19.4. The van der Waals surface area contributed by atoms with Gasteiger partial charge in [0.15, 0.2) is 0 Å². The van der Waals surface area contributed by atoms with Crippen LogP contribution in [0.1, 0.15) is 45.9 Å². The summed E-state index contributed by atoms with van der Waals surface area (Å²) < 4.78 is 41.3. The molecule has 1 unspecified atom stereocenters. The SMILES string of the molecule is C=CC(=O)N1CCCC1c1ccc(NCc2ccc(Nc3ncc(C(F)(F)F)c(Nc4ccccc4C(=O)NC)n3)cc2)cc1. The molecule has 1 fully saturated rings. The zero-order valence-corrected chi connectivity index (χ0v) is 24.5. The Kier molecular flexibility index (Phi) is 9.31. The first-order chi connectivity index (χ1) is 21.7. The molecule has 0 spiro atoms. The molecule has 45 heavy (non-hydrogen) atoms. The number of likely N-dealkylation sites (tertiary alicyclic amines) is 1. The number of hydrogen-bond donors (Lipinski definition) is 4. The molecule has 4 aromatic rings. The molecule has 0 bridgehead atoms. The second-order valence-corrected chi connectivity index (χ2v) is 10.4. The van der Waals surface area contributed by atoms with Gasteiger partial charge in [0.25, 0.3) is 5.91 Å². The quantitative estimate of drug-likeness (QED) is 0.145. The van der Waals surface area contributed by atoms with E-state index in [-0.39, 0.29) is 29.1 Å². The van der Waals surface area contributed by atoms with E-state index in [2.05, 4.69) is 37.8 Å².